The highest BCUT2D eigenvalue weighted by Gasteiger charge is 2.13. The molecular weight excluding hydrogens is 316 g/mol. The summed E-state index contributed by atoms with van der Waals surface area (Å²) in [4.78, 5) is 16.4. The third-order valence-corrected chi connectivity index (χ3v) is 3.49. The predicted octanol–water partition coefficient (Wildman–Crippen LogP) is 2.98. The van der Waals surface area contributed by atoms with Gasteiger partial charge in [-0.2, -0.15) is 0 Å². The van der Waals surface area contributed by atoms with E-state index in [1.807, 2.05) is 68.4 Å². The first-order chi connectivity index (χ1) is 12.1. The van der Waals surface area contributed by atoms with E-state index in [0.717, 1.165) is 17.0 Å². The van der Waals surface area contributed by atoms with E-state index in [1.165, 1.54) is 6.33 Å². The second kappa shape index (κ2) is 7.61. The lowest BCUT2D eigenvalue weighted by Gasteiger charge is -2.14. The van der Waals surface area contributed by atoms with Crippen molar-refractivity contribution < 1.29 is 9.53 Å². The van der Waals surface area contributed by atoms with Crippen molar-refractivity contribution in [3.8, 4) is 11.4 Å². The maximum Gasteiger partial charge on any atom is 0.291 e. The molecule has 2 aromatic carbocycles. The van der Waals surface area contributed by atoms with Gasteiger partial charge in [0.25, 0.3) is 5.91 Å². The molecule has 0 aliphatic heterocycles. The van der Waals surface area contributed by atoms with Crippen LogP contribution in [0.15, 0.2) is 60.9 Å². The Balaban J connectivity index is 1.67. The third kappa shape index (κ3) is 4.23. The summed E-state index contributed by atoms with van der Waals surface area (Å²) in [6, 6.07) is 17.2. The minimum atomic E-state index is -0.325. The average Bonchev–Trinajstić information content (AvgIpc) is 3.11. The average molecular weight is 336 g/mol. The van der Waals surface area contributed by atoms with Gasteiger partial charge in [-0.15, -0.1) is 5.10 Å². The van der Waals surface area contributed by atoms with Crippen molar-refractivity contribution in [3.63, 3.8) is 0 Å². The van der Waals surface area contributed by atoms with Gasteiger partial charge in [-0.1, -0.05) is 36.4 Å². The fourth-order valence-corrected chi connectivity index (χ4v) is 2.35. The molecule has 0 saturated carbocycles. The Labute approximate surface area is 146 Å². The van der Waals surface area contributed by atoms with Crippen molar-refractivity contribution in [1.82, 2.24) is 20.1 Å². The number of amides is 1. The molecule has 128 valence electrons. The minimum absolute atomic E-state index is 0.0695. The number of hydrogen-bond acceptors (Lipinski definition) is 4. The number of aromatic nitrogens is 3. The van der Waals surface area contributed by atoms with Gasteiger partial charge in [0, 0.05) is 12.1 Å². The maximum absolute atomic E-state index is 12.3. The number of hydrogen-bond donors (Lipinski definition) is 1. The molecule has 1 aromatic heterocycles. The van der Waals surface area contributed by atoms with E-state index in [-0.39, 0.29) is 17.8 Å². The molecule has 3 aromatic rings. The zero-order valence-corrected chi connectivity index (χ0v) is 14.2. The van der Waals surface area contributed by atoms with Crippen LogP contribution in [0, 0.1) is 0 Å². The normalized spacial score (nSPS) is 10.7. The Morgan fingerprint density at radius 3 is 2.60 bits per heavy atom. The second-order valence-corrected chi connectivity index (χ2v) is 5.81. The first kappa shape index (κ1) is 16.7. The van der Waals surface area contributed by atoms with Crippen LogP contribution in [-0.4, -0.2) is 26.8 Å². The third-order valence-electron chi connectivity index (χ3n) is 3.49. The molecule has 1 heterocycles. The fraction of sp³-hybridized carbons (Fsp3) is 0.211. The predicted molar refractivity (Wildman–Crippen MR) is 94.7 cm³/mol. The van der Waals surface area contributed by atoms with Gasteiger partial charge in [-0.25, -0.2) is 9.67 Å². The van der Waals surface area contributed by atoms with Crippen LogP contribution in [0.2, 0.25) is 0 Å². The smallest absolute Gasteiger partial charge is 0.291 e. The van der Waals surface area contributed by atoms with Crippen molar-refractivity contribution in [2.24, 2.45) is 0 Å². The van der Waals surface area contributed by atoms with Crippen LogP contribution in [-0.2, 0) is 6.54 Å². The first-order valence-electron chi connectivity index (χ1n) is 8.13. The van der Waals surface area contributed by atoms with Crippen molar-refractivity contribution in [2.75, 3.05) is 0 Å². The molecule has 1 N–H and O–H groups in total. The topological polar surface area (TPSA) is 69.0 Å². The Hall–Kier alpha value is -3.15. The van der Waals surface area contributed by atoms with Crippen LogP contribution in [0.3, 0.4) is 0 Å². The zero-order chi connectivity index (χ0) is 17.6. The van der Waals surface area contributed by atoms with Crippen LogP contribution in [0.25, 0.3) is 5.69 Å². The number of carbonyl (C=O) groups excluding carboxylic acids is 1. The van der Waals surface area contributed by atoms with E-state index < -0.39 is 0 Å². The van der Waals surface area contributed by atoms with Gasteiger partial charge in [-0.05, 0) is 32.0 Å². The Kier molecular flexibility index (Phi) is 5.09. The molecule has 25 heavy (non-hydrogen) atoms. The molecule has 6 heteroatoms. The lowest BCUT2D eigenvalue weighted by Crippen LogP contribution is -2.24. The zero-order valence-electron chi connectivity index (χ0n) is 14.2. The molecule has 0 fully saturated rings. The summed E-state index contributed by atoms with van der Waals surface area (Å²) in [6.07, 6.45) is 1.60. The number of nitrogens with one attached hydrogen (secondary N) is 1. The molecular formula is C19H20N4O2. The molecule has 0 aliphatic rings. The summed E-state index contributed by atoms with van der Waals surface area (Å²) < 4.78 is 7.33. The van der Waals surface area contributed by atoms with Gasteiger partial charge in [0.15, 0.2) is 0 Å². The molecule has 0 atom stereocenters. The second-order valence-electron chi connectivity index (χ2n) is 5.81. The highest BCUT2D eigenvalue weighted by atomic mass is 16.5. The fourth-order valence-electron chi connectivity index (χ4n) is 2.35. The van der Waals surface area contributed by atoms with E-state index in [9.17, 15) is 4.79 Å². The molecule has 0 radical (unpaired) electrons. The molecule has 0 spiro atoms. The summed E-state index contributed by atoms with van der Waals surface area (Å²) in [5.74, 6) is 0.570. The number of benzene rings is 2. The van der Waals surface area contributed by atoms with Gasteiger partial charge in [0.2, 0.25) is 5.82 Å². The molecule has 1 amide bonds. The molecule has 0 bridgehead atoms. The van der Waals surface area contributed by atoms with Crippen LogP contribution in [0.1, 0.15) is 30.0 Å². The van der Waals surface area contributed by atoms with Gasteiger partial charge < -0.3 is 10.1 Å². The summed E-state index contributed by atoms with van der Waals surface area (Å²) in [5, 5.41) is 7.06. The van der Waals surface area contributed by atoms with Gasteiger partial charge in [0.05, 0.1) is 11.8 Å². The van der Waals surface area contributed by atoms with Gasteiger partial charge in [-0.3, -0.25) is 4.79 Å². The van der Waals surface area contributed by atoms with Crippen molar-refractivity contribution in [1.29, 1.82) is 0 Å². The first-order valence-corrected chi connectivity index (χ1v) is 8.13. The minimum Gasteiger partial charge on any atom is -0.491 e. The van der Waals surface area contributed by atoms with Gasteiger partial charge in [0.1, 0.15) is 12.1 Å². The van der Waals surface area contributed by atoms with Crippen molar-refractivity contribution in [3.05, 3.63) is 72.3 Å². The molecule has 0 aliphatic carbocycles. The lowest BCUT2D eigenvalue weighted by molar-refractivity contribution is 0.0940. The standard InChI is InChI=1S/C19H20N4O2/c1-14(2)25-17-11-7-6-8-15(17)12-20-19(24)18-21-13-23(22-18)16-9-4-3-5-10-16/h3-11,13-14H,12H2,1-2H3,(H,20,24). The number of nitrogens with zero attached hydrogens (tertiary/aromatic N) is 3. The van der Waals surface area contributed by atoms with E-state index in [1.54, 1.807) is 4.68 Å². The van der Waals surface area contributed by atoms with Crippen LogP contribution in [0.5, 0.6) is 5.75 Å². The number of rotatable bonds is 6. The molecule has 6 nitrogen and oxygen atoms in total. The Morgan fingerprint density at radius 2 is 1.84 bits per heavy atom. The summed E-state index contributed by atoms with van der Waals surface area (Å²) >= 11 is 0. The van der Waals surface area contributed by atoms with Crippen molar-refractivity contribution >= 4 is 5.91 Å². The monoisotopic (exact) mass is 336 g/mol. The van der Waals surface area contributed by atoms with Crippen molar-refractivity contribution in [2.45, 2.75) is 26.5 Å². The van der Waals surface area contributed by atoms with Gasteiger partial charge >= 0.3 is 0 Å². The maximum atomic E-state index is 12.3. The molecule has 3 rings (SSSR count). The van der Waals surface area contributed by atoms with Crippen LogP contribution in [0.4, 0.5) is 0 Å². The van der Waals surface area contributed by atoms with E-state index in [2.05, 4.69) is 15.4 Å². The highest BCUT2D eigenvalue weighted by Crippen LogP contribution is 2.19. The number of ether oxygens (including phenoxy) is 1. The van der Waals surface area contributed by atoms with E-state index in [4.69, 9.17) is 4.74 Å². The molecule has 0 saturated heterocycles. The quantitative estimate of drug-likeness (QED) is 0.751. The van der Waals surface area contributed by atoms with E-state index in [0.29, 0.717) is 6.54 Å². The SMILES string of the molecule is CC(C)Oc1ccccc1CNC(=O)c1ncn(-c2ccccc2)n1. The number of carbonyl (C=O) groups is 1. The lowest BCUT2D eigenvalue weighted by atomic mass is 10.2. The summed E-state index contributed by atoms with van der Waals surface area (Å²) in [7, 11) is 0. The summed E-state index contributed by atoms with van der Waals surface area (Å²) in [5.41, 5.74) is 1.76. The van der Waals surface area contributed by atoms with Crippen LogP contribution >= 0.6 is 0 Å². The molecule has 0 unspecified atom stereocenters. The number of para-hydroxylation sites is 2. The Morgan fingerprint density at radius 1 is 1.12 bits per heavy atom. The largest absolute Gasteiger partial charge is 0.491 e. The Bertz CT molecular complexity index is 843. The van der Waals surface area contributed by atoms with E-state index >= 15 is 0 Å². The highest BCUT2D eigenvalue weighted by molar-refractivity contribution is 5.90. The van der Waals surface area contributed by atoms with Crippen LogP contribution < -0.4 is 10.1 Å². The summed E-state index contributed by atoms with van der Waals surface area (Å²) in [6.45, 7) is 4.28.